The molecule has 4 heteroatoms. The van der Waals surface area contributed by atoms with Crippen LogP contribution in [0.5, 0.6) is 0 Å². The fraction of sp³-hybridized carbons (Fsp3) is 0.562. The zero-order chi connectivity index (χ0) is 14.4. The van der Waals surface area contributed by atoms with E-state index >= 15 is 0 Å². The fourth-order valence-corrected chi connectivity index (χ4v) is 3.13. The van der Waals surface area contributed by atoms with Crippen molar-refractivity contribution in [3.63, 3.8) is 0 Å². The van der Waals surface area contributed by atoms with E-state index in [9.17, 15) is 4.79 Å². The number of nitrogens with one attached hydrogen (secondary N) is 1. The molecule has 0 saturated heterocycles. The molecule has 0 atom stereocenters. The average Bonchev–Trinajstić information content (AvgIpc) is 2.40. The van der Waals surface area contributed by atoms with Gasteiger partial charge in [-0.1, -0.05) is 40.5 Å². The molecule has 2 rings (SSSR count). The number of nitrogens with two attached hydrogens (primary N) is 1. The minimum absolute atomic E-state index is 0.150. The third-order valence-electron chi connectivity index (χ3n) is 4.32. The van der Waals surface area contributed by atoms with Crippen molar-refractivity contribution in [2.24, 2.45) is 11.1 Å². The second-order valence-corrected chi connectivity index (χ2v) is 6.63. The summed E-state index contributed by atoms with van der Waals surface area (Å²) in [7, 11) is 0. The molecule has 1 aromatic carbocycles. The monoisotopic (exact) mass is 338 g/mol. The highest BCUT2D eigenvalue weighted by atomic mass is 79.9. The van der Waals surface area contributed by atoms with Gasteiger partial charge in [-0.25, -0.2) is 0 Å². The molecule has 0 heterocycles. The maximum absolute atomic E-state index is 11.9. The molecule has 0 bridgehead atoms. The Hall–Kier alpha value is -0.870. The number of hydrogen-bond donors (Lipinski definition) is 2. The number of amides is 1. The Morgan fingerprint density at radius 3 is 2.70 bits per heavy atom. The minimum atomic E-state index is 0.150. The zero-order valence-corrected chi connectivity index (χ0v) is 13.4. The summed E-state index contributed by atoms with van der Waals surface area (Å²) in [5, 5.41) is 3.05. The van der Waals surface area contributed by atoms with Crippen LogP contribution in [0.3, 0.4) is 0 Å². The van der Waals surface area contributed by atoms with Gasteiger partial charge in [-0.05, 0) is 49.3 Å². The summed E-state index contributed by atoms with van der Waals surface area (Å²) in [6, 6.07) is 8.17. The standard InChI is InChI=1S/C16H23BrN2O/c17-14-7-2-1-5-13(14)6-3-8-15(20)19-12-16(11-18)9-4-10-16/h1-2,5,7H,3-4,6,8-12,18H2,(H,19,20). The van der Waals surface area contributed by atoms with Crippen LogP contribution in [-0.4, -0.2) is 19.0 Å². The lowest BCUT2D eigenvalue weighted by Crippen LogP contribution is -2.46. The lowest BCUT2D eigenvalue weighted by Gasteiger charge is -2.41. The molecule has 3 nitrogen and oxygen atoms in total. The topological polar surface area (TPSA) is 55.1 Å². The molecular weight excluding hydrogens is 316 g/mol. The number of rotatable bonds is 7. The van der Waals surface area contributed by atoms with Crippen molar-refractivity contribution in [1.29, 1.82) is 0 Å². The van der Waals surface area contributed by atoms with Crippen molar-refractivity contribution < 1.29 is 4.79 Å². The van der Waals surface area contributed by atoms with E-state index in [2.05, 4.69) is 27.3 Å². The van der Waals surface area contributed by atoms with E-state index in [1.54, 1.807) is 0 Å². The number of hydrogen-bond acceptors (Lipinski definition) is 2. The molecule has 1 aromatic rings. The Morgan fingerprint density at radius 2 is 2.10 bits per heavy atom. The molecule has 1 aliphatic carbocycles. The highest BCUT2D eigenvalue weighted by Gasteiger charge is 2.35. The molecule has 0 radical (unpaired) electrons. The summed E-state index contributed by atoms with van der Waals surface area (Å²) < 4.78 is 1.12. The molecule has 1 saturated carbocycles. The first-order valence-corrected chi connectivity index (χ1v) is 8.15. The zero-order valence-electron chi connectivity index (χ0n) is 11.8. The fourth-order valence-electron chi connectivity index (χ4n) is 2.64. The van der Waals surface area contributed by atoms with Crippen LogP contribution in [0.15, 0.2) is 28.7 Å². The van der Waals surface area contributed by atoms with Gasteiger partial charge in [-0.15, -0.1) is 0 Å². The Bertz CT molecular complexity index is 452. The molecule has 110 valence electrons. The van der Waals surface area contributed by atoms with Gasteiger partial charge in [-0.2, -0.15) is 0 Å². The molecule has 0 unspecified atom stereocenters. The van der Waals surface area contributed by atoms with Gasteiger partial charge in [0.15, 0.2) is 0 Å². The Labute approximate surface area is 129 Å². The maximum atomic E-state index is 11.9. The summed E-state index contributed by atoms with van der Waals surface area (Å²) in [5.74, 6) is 0.150. The largest absolute Gasteiger partial charge is 0.355 e. The van der Waals surface area contributed by atoms with E-state index in [1.165, 1.54) is 12.0 Å². The van der Waals surface area contributed by atoms with Crippen molar-refractivity contribution >= 4 is 21.8 Å². The van der Waals surface area contributed by atoms with Crippen LogP contribution in [0, 0.1) is 5.41 Å². The molecule has 1 amide bonds. The molecule has 0 spiro atoms. The van der Waals surface area contributed by atoms with E-state index in [4.69, 9.17) is 5.73 Å². The minimum Gasteiger partial charge on any atom is -0.355 e. The first-order chi connectivity index (χ1) is 9.65. The summed E-state index contributed by atoms with van der Waals surface area (Å²) in [6.07, 6.45) is 5.94. The number of carbonyl (C=O) groups excluding carboxylic acids is 1. The predicted octanol–water partition coefficient (Wildman–Crippen LogP) is 3.02. The Morgan fingerprint density at radius 1 is 1.35 bits per heavy atom. The molecule has 1 aliphatic rings. The van der Waals surface area contributed by atoms with E-state index in [0.29, 0.717) is 13.0 Å². The third-order valence-corrected chi connectivity index (χ3v) is 5.09. The van der Waals surface area contributed by atoms with Crippen LogP contribution in [0.1, 0.15) is 37.7 Å². The van der Waals surface area contributed by atoms with Gasteiger partial charge in [0, 0.05) is 17.4 Å². The summed E-state index contributed by atoms with van der Waals surface area (Å²) in [5.41, 5.74) is 7.25. The van der Waals surface area contributed by atoms with E-state index in [-0.39, 0.29) is 11.3 Å². The van der Waals surface area contributed by atoms with Crippen LogP contribution in [0.4, 0.5) is 0 Å². The second-order valence-electron chi connectivity index (χ2n) is 5.78. The van der Waals surface area contributed by atoms with Gasteiger partial charge < -0.3 is 11.1 Å². The van der Waals surface area contributed by atoms with Crippen LogP contribution >= 0.6 is 15.9 Å². The van der Waals surface area contributed by atoms with Crippen molar-refractivity contribution in [3.8, 4) is 0 Å². The lowest BCUT2D eigenvalue weighted by atomic mass is 9.69. The summed E-state index contributed by atoms with van der Waals surface area (Å²) in [6.45, 7) is 1.43. The Kier molecular flexibility index (Phi) is 5.61. The molecule has 3 N–H and O–H groups in total. The van der Waals surface area contributed by atoms with Crippen LogP contribution in [-0.2, 0) is 11.2 Å². The van der Waals surface area contributed by atoms with Crippen LogP contribution < -0.4 is 11.1 Å². The summed E-state index contributed by atoms with van der Waals surface area (Å²) in [4.78, 5) is 11.9. The summed E-state index contributed by atoms with van der Waals surface area (Å²) >= 11 is 3.53. The SMILES string of the molecule is NCC1(CNC(=O)CCCc2ccccc2Br)CCC1. The van der Waals surface area contributed by atoms with Crippen molar-refractivity contribution in [1.82, 2.24) is 5.32 Å². The predicted molar refractivity (Wildman–Crippen MR) is 85.4 cm³/mol. The van der Waals surface area contributed by atoms with E-state index in [0.717, 1.165) is 36.7 Å². The number of benzene rings is 1. The van der Waals surface area contributed by atoms with Gasteiger partial charge in [0.25, 0.3) is 0 Å². The number of halogens is 1. The first kappa shape index (κ1) is 15.5. The number of carbonyl (C=O) groups is 1. The van der Waals surface area contributed by atoms with Crippen molar-refractivity contribution in [2.45, 2.75) is 38.5 Å². The van der Waals surface area contributed by atoms with Gasteiger partial charge in [0.05, 0.1) is 0 Å². The van der Waals surface area contributed by atoms with E-state index < -0.39 is 0 Å². The first-order valence-electron chi connectivity index (χ1n) is 7.35. The molecule has 0 aromatic heterocycles. The van der Waals surface area contributed by atoms with Gasteiger partial charge >= 0.3 is 0 Å². The van der Waals surface area contributed by atoms with Crippen LogP contribution in [0.25, 0.3) is 0 Å². The smallest absolute Gasteiger partial charge is 0.220 e. The van der Waals surface area contributed by atoms with Gasteiger partial charge in [-0.3, -0.25) is 4.79 Å². The normalized spacial score (nSPS) is 16.5. The van der Waals surface area contributed by atoms with Crippen molar-refractivity contribution in [2.75, 3.05) is 13.1 Å². The van der Waals surface area contributed by atoms with Gasteiger partial charge in [0.2, 0.25) is 5.91 Å². The average molecular weight is 339 g/mol. The highest BCUT2D eigenvalue weighted by molar-refractivity contribution is 9.10. The second kappa shape index (κ2) is 7.23. The van der Waals surface area contributed by atoms with Crippen LogP contribution in [0.2, 0.25) is 0 Å². The van der Waals surface area contributed by atoms with Gasteiger partial charge in [0.1, 0.15) is 0 Å². The quantitative estimate of drug-likeness (QED) is 0.802. The Balaban J connectivity index is 1.67. The lowest BCUT2D eigenvalue weighted by molar-refractivity contribution is -0.122. The van der Waals surface area contributed by atoms with Crippen molar-refractivity contribution in [3.05, 3.63) is 34.3 Å². The molecule has 20 heavy (non-hydrogen) atoms. The van der Waals surface area contributed by atoms with E-state index in [1.807, 2.05) is 18.2 Å². The highest BCUT2D eigenvalue weighted by Crippen LogP contribution is 2.39. The molecule has 0 aliphatic heterocycles. The number of aryl methyl sites for hydroxylation is 1. The maximum Gasteiger partial charge on any atom is 0.220 e. The third kappa shape index (κ3) is 4.06. The molecular formula is C16H23BrN2O. The molecule has 1 fully saturated rings.